The van der Waals surface area contributed by atoms with Gasteiger partial charge in [-0.25, -0.2) is 4.98 Å². The van der Waals surface area contributed by atoms with Gasteiger partial charge in [-0.05, 0) is 18.1 Å². The second-order valence-electron chi connectivity index (χ2n) is 4.85. The summed E-state index contributed by atoms with van der Waals surface area (Å²) in [4.78, 5) is 16.2. The number of carbonyl (C=O) groups is 1. The van der Waals surface area contributed by atoms with E-state index in [-0.39, 0.29) is 30.0 Å². The van der Waals surface area contributed by atoms with Crippen LogP contribution in [0.1, 0.15) is 13.8 Å². The van der Waals surface area contributed by atoms with E-state index in [9.17, 15) is 9.90 Å². The van der Waals surface area contributed by atoms with Crippen LogP contribution in [0.4, 0.5) is 5.13 Å². The lowest BCUT2D eigenvalue weighted by atomic mass is 10.1. The number of halogens is 1. The number of rotatable bonds is 4. The molecule has 0 aliphatic carbocycles. The van der Waals surface area contributed by atoms with Crippen molar-refractivity contribution in [1.82, 2.24) is 4.98 Å². The van der Waals surface area contributed by atoms with Gasteiger partial charge in [-0.15, -0.1) is 23.7 Å². The molecule has 0 saturated heterocycles. The first kappa shape index (κ1) is 17.4. The van der Waals surface area contributed by atoms with Crippen LogP contribution in [-0.4, -0.2) is 22.0 Å². The van der Waals surface area contributed by atoms with Crippen molar-refractivity contribution >= 4 is 34.8 Å². The number of nitrogens with zero attached hydrogens (tertiary/aromatic N) is 1. The average Bonchev–Trinajstić information content (AvgIpc) is 2.86. The summed E-state index contributed by atoms with van der Waals surface area (Å²) in [6.45, 7) is 3.79. The first-order valence-electron chi connectivity index (χ1n) is 6.28. The highest BCUT2D eigenvalue weighted by molar-refractivity contribution is 7.14. The number of anilines is 1. The van der Waals surface area contributed by atoms with Gasteiger partial charge in [0.05, 0.1) is 11.7 Å². The van der Waals surface area contributed by atoms with Crippen LogP contribution in [-0.2, 0) is 4.79 Å². The van der Waals surface area contributed by atoms with Gasteiger partial charge < -0.3 is 16.2 Å². The van der Waals surface area contributed by atoms with E-state index in [1.54, 1.807) is 18.2 Å². The number of thiazole rings is 1. The molecule has 21 heavy (non-hydrogen) atoms. The van der Waals surface area contributed by atoms with E-state index in [0.717, 1.165) is 5.56 Å². The number of carbonyl (C=O) groups excluding carboxylic acids is 1. The van der Waals surface area contributed by atoms with E-state index in [0.29, 0.717) is 10.8 Å². The Morgan fingerprint density at radius 3 is 2.76 bits per heavy atom. The Bertz CT molecular complexity index is 616. The van der Waals surface area contributed by atoms with Gasteiger partial charge in [0.1, 0.15) is 5.75 Å². The maximum absolute atomic E-state index is 11.8. The lowest BCUT2D eigenvalue weighted by molar-refractivity contribution is -0.118. The quantitative estimate of drug-likeness (QED) is 0.805. The highest BCUT2D eigenvalue weighted by atomic mass is 35.5. The highest BCUT2D eigenvalue weighted by Crippen LogP contribution is 2.27. The van der Waals surface area contributed by atoms with Gasteiger partial charge in [0.25, 0.3) is 0 Å². The summed E-state index contributed by atoms with van der Waals surface area (Å²) in [7, 11) is 0. The number of aromatic nitrogens is 1. The Balaban J connectivity index is 0.00000220. The second-order valence-corrected chi connectivity index (χ2v) is 5.71. The number of amides is 1. The van der Waals surface area contributed by atoms with Crippen LogP contribution in [0.2, 0.25) is 0 Å². The van der Waals surface area contributed by atoms with Crippen LogP contribution in [0.25, 0.3) is 11.3 Å². The Morgan fingerprint density at radius 1 is 1.43 bits per heavy atom. The van der Waals surface area contributed by atoms with E-state index >= 15 is 0 Å². The van der Waals surface area contributed by atoms with Crippen LogP contribution in [0, 0.1) is 5.92 Å². The van der Waals surface area contributed by atoms with Crippen molar-refractivity contribution < 1.29 is 9.90 Å². The van der Waals surface area contributed by atoms with Crippen molar-refractivity contribution in [3.63, 3.8) is 0 Å². The first-order valence-corrected chi connectivity index (χ1v) is 7.16. The minimum atomic E-state index is -0.553. The number of phenolic OH excluding ortho intramolecular Hbond substituents is 1. The lowest BCUT2D eigenvalue weighted by Gasteiger charge is -2.13. The molecular weight excluding hydrogens is 310 g/mol. The summed E-state index contributed by atoms with van der Waals surface area (Å²) in [5.74, 6) is 0.0141. The molecule has 0 unspecified atom stereocenters. The Hall–Kier alpha value is -1.63. The molecular formula is C14H18ClN3O2S. The van der Waals surface area contributed by atoms with E-state index in [2.05, 4.69) is 10.3 Å². The zero-order valence-corrected chi connectivity index (χ0v) is 13.4. The fraction of sp³-hybridized carbons (Fsp3) is 0.286. The van der Waals surface area contributed by atoms with Crippen LogP contribution in [0.3, 0.4) is 0 Å². The summed E-state index contributed by atoms with van der Waals surface area (Å²) < 4.78 is 0. The molecule has 0 spiro atoms. The summed E-state index contributed by atoms with van der Waals surface area (Å²) in [6, 6.07) is 6.26. The molecule has 2 rings (SSSR count). The number of nitrogens with two attached hydrogens (primary N) is 1. The Morgan fingerprint density at radius 2 is 2.14 bits per heavy atom. The molecule has 0 fully saturated rings. The van der Waals surface area contributed by atoms with E-state index < -0.39 is 6.04 Å². The van der Waals surface area contributed by atoms with E-state index in [4.69, 9.17) is 5.73 Å². The Labute approximate surface area is 133 Å². The molecule has 1 aromatic carbocycles. The predicted octanol–water partition coefficient (Wildman–Crippen LogP) is 2.86. The number of phenols is 1. The normalized spacial score (nSPS) is 11.8. The number of aromatic hydroxyl groups is 1. The molecule has 114 valence electrons. The third kappa shape index (κ3) is 4.42. The molecule has 5 nitrogen and oxygen atoms in total. The topological polar surface area (TPSA) is 88.2 Å². The van der Waals surface area contributed by atoms with Gasteiger partial charge >= 0.3 is 0 Å². The van der Waals surface area contributed by atoms with Gasteiger partial charge in [-0.2, -0.15) is 0 Å². The van der Waals surface area contributed by atoms with Gasteiger partial charge in [0.2, 0.25) is 5.91 Å². The number of hydrogen-bond acceptors (Lipinski definition) is 5. The van der Waals surface area contributed by atoms with Crippen molar-refractivity contribution in [2.24, 2.45) is 11.7 Å². The average molecular weight is 328 g/mol. The van der Waals surface area contributed by atoms with Gasteiger partial charge in [-0.3, -0.25) is 4.79 Å². The monoisotopic (exact) mass is 327 g/mol. The van der Waals surface area contributed by atoms with Crippen LogP contribution >= 0.6 is 23.7 Å². The third-order valence-corrected chi connectivity index (χ3v) is 3.65. The molecule has 4 N–H and O–H groups in total. The number of nitrogens with one attached hydrogen (secondary N) is 1. The van der Waals surface area contributed by atoms with Crippen molar-refractivity contribution in [2.45, 2.75) is 19.9 Å². The van der Waals surface area contributed by atoms with E-state index in [1.165, 1.54) is 11.3 Å². The summed E-state index contributed by atoms with van der Waals surface area (Å²) in [5.41, 5.74) is 7.29. The molecule has 0 aliphatic rings. The minimum absolute atomic E-state index is 0. The number of benzene rings is 1. The van der Waals surface area contributed by atoms with E-state index in [1.807, 2.05) is 25.3 Å². The zero-order chi connectivity index (χ0) is 14.7. The van der Waals surface area contributed by atoms with Crippen LogP contribution in [0.5, 0.6) is 5.75 Å². The molecule has 2 aromatic rings. The van der Waals surface area contributed by atoms with Crippen molar-refractivity contribution in [3.8, 4) is 17.0 Å². The van der Waals surface area contributed by atoms with Gasteiger partial charge in [0.15, 0.2) is 5.13 Å². The summed E-state index contributed by atoms with van der Waals surface area (Å²) >= 11 is 1.33. The molecule has 0 saturated carbocycles. The molecule has 0 radical (unpaired) electrons. The molecule has 0 aliphatic heterocycles. The molecule has 1 heterocycles. The predicted molar refractivity (Wildman–Crippen MR) is 87.9 cm³/mol. The Kier molecular flexibility index (Phi) is 6.14. The summed E-state index contributed by atoms with van der Waals surface area (Å²) in [5, 5.41) is 14.5. The second kappa shape index (κ2) is 7.40. The van der Waals surface area contributed by atoms with Crippen molar-refractivity contribution in [3.05, 3.63) is 29.6 Å². The maximum Gasteiger partial charge on any atom is 0.243 e. The fourth-order valence-corrected chi connectivity index (χ4v) is 2.34. The molecule has 7 heteroatoms. The number of hydrogen-bond donors (Lipinski definition) is 3. The molecule has 1 aromatic heterocycles. The minimum Gasteiger partial charge on any atom is -0.508 e. The maximum atomic E-state index is 11.8. The van der Waals surface area contributed by atoms with Gasteiger partial charge in [-0.1, -0.05) is 26.0 Å². The van der Waals surface area contributed by atoms with Crippen molar-refractivity contribution in [2.75, 3.05) is 5.32 Å². The largest absolute Gasteiger partial charge is 0.508 e. The molecule has 1 amide bonds. The van der Waals surface area contributed by atoms with Gasteiger partial charge in [0, 0.05) is 10.9 Å². The molecule has 0 bridgehead atoms. The van der Waals surface area contributed by atoms with Crippen LogP contribution in [0.15, 0.2) is 29.6 Å². The fourth-order valence-electron chi connectivity index (χ4n) is 1.62. The lowest BCUT2D eigenvalue weighted by Crippen LogP contribution is -2.39. The first-order chi connectivity index (χ1) is 9.47. The zero-order valence-electron chi connectivity index (χ0n) is 11.7. The highest BCUT2D eigenvalue weighted by Gasteiger charge is 2.18. The molecule has 1 atom stereocenters. The third-order valence-electron chi connectivity index (χ3n) is 2.90. The van der Waals surface area contributed by atoms with Crippen molar-refractivity contribution in [1.29, 1.82) is 0 Å². The smallest absolute Gasteiger partial charge is 0.243 e. The standard InChI is InChI=1S/C14H17N3O2S.ClH/c1-8(2)12(15)13(19)17-14-16-11(7-20-14)9-4-3-5-10(18)6-9;/h3-8,12,18H,15H2,1-2H3,(H,16,17,19);1H/t12-;/m0./s1. The summed E-state index contributed by atoms with van der Waals surface area (Å²) in [6.07, 6.45) is 0. The SMILES string of the molecule is CC(C)[C@H](N)C(=O)Nc1nc(-c2cccc(O)c2)cs1.Cl. The van der Waals surface area contributed by atoms with Crippen LogP contribution < -0.4 is 11.1 Å².